The summed E-state index contributed by atoms with van der Waals surface area (Å²) in [4.78, 5) is 29.9. The number of rotatable bonds is 4. The minimum Gasteiger partial charge on any atom is -0.339 e. The molecular weight excluding hydrogens is 434 g/mol. The Morgan fingerprint density at radius 3 is 2.29 bits per heavy atom. The normalized spacial score (nSPS) is 16.3. The third-order valence-electron chi connectivity index (χ3n) is 7.26. The highest BCUT2D eigenvalue weighted by Crippen LogP contribution is 2.27. The van der Waals surface area contributed by atoms with Gasteiger partial charge in [0.15, 0.2) is 0 Å². The molecule has 0 aromatic heterocycles. The van der Waals surface area contributed by atoms with Gasteiger partial charge in [0.25, 0.3) is 5.91 Å². The first-order valence-electron chi connectivity index (χ1n) is 12.8. The van der Waals surface area contributed by atoms with E-state index in [1.165, 1.54) is 11.1 Å². The largest absolute Gasteiger partial charge is 0.339 e. The summed E-state index contributed by atoms with van der Waals surface area (Å²) in [6.07, 6.45) is 6.22. The van der Waals surface area contributed by atoms with Gasteiger partial charge in [0.1, 0.15) is 0 Å². The van der Waals surface area contributed by atoms with Crippen LogP contribution < -0.4 is 10.2 Å². The molecule has 3 aromatic rings. The highest BCUT2D eigenvalue weighted by atomic mass is 16.2. The van der Waals surface area contributed by atoms with Crippen LogP contribution in [-0.2, 0) is 12.8 Å². The first kappa shape index (κ1) is 23.2. The number of hydrogen-bond donors (Lipinski definition) is 1. The monoisotopic (exact) mass is 467 g/mol. The zero-order valence-electron chi connectivity index (χ0n) is 20.2. The predicted octanol–water partition coefficient (Wildman–Crippen LogP) is 6.16. The van der Waals surface area contributed by atoms with Crippen LogP contribution in [0.2, 0.25) is 0 Å². The van der Waals surface area contributed by atoms with E-state index in [9.17, 15) is 9.59 Å². The molecule has 0 radical (unpaired) electrons. The van der Waals surface area contributed by atoms with Crippen LogP contribution in [0.3, 0.4) is 0 Å². The average molecular weight is 468 g/mol. The zero-order chi connectivity index (χ0) is 24.0. The van der Waals surface area contributed by atoms with E-state index < -0.39 is 0 Å². The van der Waals surface area contributed by atoms with E-state index in [1.54, 1.807) is 0 Å². The molecule has 5 nitrogen and oxygen atoms in total. The molecule has 35 heavy (non-hydrogen) atoms. The zero-order valence-corrected chi connectivity index (χ0v) is 20.2. The van der Waals surface area contributed by atoms with Gasteiger partial charge in [-0.1, -0.05) is 48.5 Å². The van der Waals surface area contributed by atoms with Crippen molar-refractivity contribution in [2.45, 2.75) is 38.5 Å². The number of anilines is 2. The molecule has 1 N–H and O–H groups in total. The summed E-state index contributed by atoms with van der Waals surface area (Å²) < 4.78 is 0. The van der Waals surface area contributed by atoms with Gasteiger partial charge in [-0.2, -0.15) is 0 Å². The second kappa shape index (κ2) is 10.8. The molecule has 0 atom stereocenters. The lowest BCUT2D eigenvalue weighted by atomic mass is 9.90. The third kappa shape index (κ3) is 5.56. The van der Waals surface area contributed by atoms with Crippen LogP contribution in [0.15, 0.2) is 78.9 Å². The van der Waals surface area contributed by atoms with Gasteiger partial charge < -0.3 is 10.2 Å². The maximum Gasteiger partial charge on any atom is 0.326 e. The number of hydrogen-bond acceptors (Lipinski definition) is 2. The fraction of sp³-hybridized carbons (Fsp3) is 0.333. The average Bonchev–Trinajstić information content (AvgIpc) is 3.13. The first-order valence-corrected chi connectivity index (χ1v) is 12.8. The summed E-state index contributed by atoms with van der Waals surface area (Å²) in [6, 6.07) is 25.9. The Morgan fingerprint density at radius 2 is 1.51 bits per heavy atom. The third-order valence-corrected chi connectivity index (χ3v) is 7.26. The van der Waals surface area contributed by atoms with E-state index in [0.717, 1.165) is 57.3 Å². The molecule has 1 fully saturated rings. The molecule has 0 aliphatic carbocycles. The van der Waals surface area contributed by atoms with E-state index in [-0.39, 0.29) is 11.9 Å². The molecule has 180 valence electrons. The Hall–Kier alpha value is -3.60. The Labute approximate surface area is 207 Å². The van der Waals surface area contributed by atoms with Crippen molar-refractivity contribution in [3.63, 3.8) is 0 Å². The van der Waals surface area contributed by atoms with Crippen molar-refractivity contribution in [2.75, 3.05) is 29.9 Å². The fourth-order valence-electron chi connectivity index (χ4n) is 5.26. The number of piperidine rings is 1. The van der Waals surface area contributed by atoms with Crippen LogP contribution in [0.5, 0.6) is 0 Å². The number of para-hydroxylation sites is 1. The molecule has 2 heterocycles. The molecular formula is C30H33N3O2. The highest BCUT2D eigenvalue weighted by molar-refractivity contribution is 6.02. The predicted molar refractivity (Wildman–Crippen MR) is 141 cm³/mol. The topological polar surface area (TPSA) is 52.7 Å². The number of nitrogens with one attached hydrogen (secondary N) is 1. The van der Waals surface area contributed by atoms with Crippen LogP contribution >= 0.6 is 0 Å². The van der Waals surface area contributed by atoms with Crippen molar-refractivity contribution < 1.29 is 9.59 Å². The lowest BCUT2D eigenvalue weighted by molar-refractivity contribution is 0.0690. The standard InChI is InChI=1S/C30H33N3O2/c34-29(32-20-17-24(18-21-32)22-23-8-2-1-3-9-23)26-13-15-27(16-14-26)31-30(35)33-19-7-6-11-25-10-4-5-12-28(25)33/h1-5,8-10,12-16,24H,6-7,11,17-22H2,(H,31,35). The maximum atomic E-state index is 13.1. The number of carbonyl (C=O) groups excluding carboxylic acids is 2. The Morgan fingerprint density at radius 1 is 0.800 bits per heavy atom. The molecule has 3 amide bonds. The van der Waals surface area contributed by atoms with Crippen molar-refractivity contribution in [1.29, 1.82) is 0 Å². The quantitative estimate of drug-likeness (QED) is 0.500. The van der Waals surface area contributed by atoms with Crippen molar-refractivity contribution in [1.82, 2.24) is 4.90 Å². The number of amides is 3. The molecule has 0 bridgehead atoms. The summed E-state index contributed by atoms with van der Waals surface area (Å²) in [5.74, 6) is 0.700. The minimum absolute atomic E-state index is 0.0717. The van der Waals surface area contributed by atoms with E-state index in [0.29, 0.717) is 23.7 Å². The van der Waals surface area contributed by atoms with Crippen molar-refractivity contribution in [3.8, 4) is 0 Å². The molecule has 5 heteroatoms. The number of carbonyl (C=O) groups is 2. The molecule has 1 saturated heterocycles. The van der Waals surface area contributed by atoms with Crippen molar-refractivity contribution in [2.24, 2.45) is 5.92 Å². The van der Waals surface area contributed by atoms with Gasteiger partial charge in [-0.3, -0.25) is 9.69 Å². The molecule has 0 unspecified atom stereocenters. The number of benzene rings is 3. The number of fused-ring (bicyclic) bond motifs is 1. The van der Waals surface area contributed by atoms with Gasteiger partial charge in [0, 0.05) is 36.6 Å². The number of urea groups is 1. The fourth-order valence-corrected chi connectivity index (χ4v) is 5.26. The Kier molecular flexibility index (Phi) is 7.12. The first-order chi connectivity index (χ1) is 17.2. The number of aryl methyl sites for hydroxylation is 1. The number of likely N-dealkylation sites (tertiary alicyclic amines) is 1. The summed E-state index contributed by atoms with van der Waals surface area (Å²) in [6.45, 7) is 2.30. The van der Waals surface area contributed by atoms with E-state index in [1.807, 2.05) is 52.3 Å². The highest BCUT2D eigenvalue weighted by Gasteiger charge is 2.24. The lowest BCUT2D eigenvalue weighted by Gasteiger charge is -2.32. The van der Waals surface area contributed by atoms with Crippen molar-refractivity contribution in [3.05, 3.63) is 95.6 Å². The van der Waals surface area contributed by atoms with Gasteiger partial charge in [0.2, 0.25) is 0 Å². The SMILES string of the molecule is O=C(c1ccc(NC(=O)N2CCCCc3ccccc32)cc1)N1CCC(Cc2ccccc2)CC1. The van der Waals surface area contributed by atoms with Gasteiger partial charge in [-0.05, 0) is 85.9 Å². The van der Waals surface area contributed by atoms with Crippen LogP contribution in [0, 0.1) is 5.92 Å². The van der Waals surface area contributed by atoms with Gasteiger partial charge in [0.05, 0.1) is 0 Å². The molecule has 3 aromatic carbocycles. The van der Waals surface area contributed by atoms with E-state index in [2.05, 4.69) is 41.7 Å². The summed E-state index contributed by atoms with van der Waals surface area (Å²) in [7, 11) is 0. The molecule has 0 spiro atoms. The van der Waals surface area contributed by atoms with Gasteiger partial charge in [-0.15, -0.1) is 0 Å². The summed E-state index contributed by atoms with van der Waals surface area (Å²) in [5, 5.41) is 3.02. The lowest BCUT2D eigenvalue weighted by Crippen LogP contribution is -2.39. The van der Waals surface area contributed by atoms with E-state index in [4.69, 9.17) is 0 Å². The second-order valence-electron chi connectivity index (χ2n) is 9.67. The van der Waals surface area contributed by atoms with Crippen LogP contribution in [0.1, 0.15) is 47.2 Å². The van der Waals surface area contributed by atoms with Crippen LogP contribution in [0.25, 0.3) is 0 Å². The molecule has 5 rings (SSSR count). The summed E-state index contributed by atoms with van der Waals surface area (Å²) >= 11 is 0. The van der Waals surface area contributed by atoms with Crippen LogP contribution in [0.4, 0.5) is 16.2 Å². The number of nitrogens with zero attached hydrogens (tertiary/aromatic N) is 2. The minimum atomic E-state index is -0.126. The smallest absolute Gasteiger partial charge is 0.326 e. The summed E-state index contributed by atoms with van der Waals surface area (Å²) in [5.41, 5.74) is 4.96. The van der Waals surface area contributed by atoms with E-state index >= 15 is 0 Å². The van der Waals surface area contributed by atoms with Gasteiger partial charge in [-0.25, -0.2) is 4.79 Å². The van der Waals surface area contributed by atoms with Gasteiger partial charge >= 0.3 is 6.03 Å². The van der Waals surface area contributed by atoms with Crippen LogP contribution in [-0.4, -0.2) is 36.5 Å². The van der Waals surface area contributed by atoms with Crippen molar-refractivity contribution >= 4 is 23.3 Å². The molecule has 2 aliphatic rings. The molecule has 0 saturated carbocycles. The second-order valence-corrected chi connectivity index (χ2v) is 9.67. The maximum absolute atomic E-state index is 13.1. The Balaban J connectivity index is 1.16. The molecule has 2 aliphatic heterocycles. The Bertz CT molecular complexity index is 1150.